The Kier molecular flexibility index (Phi) is 3.51. The van der Waals surface area contributed by atoms with Gasteiger partial charge in [-0.1, -0.05) is 36.4 Å². The Balaban J connectivity index is 2.01. The number of benzene rings is 2. The molecule has 2 nitrogen and oxygen atoms in total. The molecule has 1 unspecified atom stereocenters. The summed E-state index contributed by atoms with van der Waals surface area (Å²) < 4.78 is 5.52. The van der Waals surface area contributed by atoms with E-state index in [2.05, 4.69) is 53.8 Å². The van der Waals surface area contributed by atoms with Gasteiger partial charge in [-0.05, 0) is 41.8 Å². The Bertz CT molecular complexity index is 544. The molecular formula is C17H19NO. The van der Waals surface area contributed by atoms with Crippen molar-refractivity contribution in [3.05, 3.63) is 54.1 Å². The van der Waals surface area contributed by atoms with Gasteiger partial charge in [0.1, 0.15) is 5.75 Å². The molecule has 1 aliphatic heterocycles. The average molecular weight is 253 g/mol. The molecule has 0 spiro atoms. The minimum atomic E-state index is 0.568. The molecule has 0 radical (unpaired) electrons. The van der Waals surface area contributed by atoms with Gasteiger partial charge in [0, 0.05) is 12.5 Å². The Morgan fingerprint density at radius 2 is 1.89 bits per heavy atom. The topological polar surface area (TPSA) is 21.3 Å². The van der Waals surface area contributed by atoms with Gasteiger partial charge in [-0.2, -0.15) is 0 Å². The summed E-state index contributed by atoms with van der Waals surface area (Å²) in [6.45, 7) is 2.15. The van der Waals surface area contributed by atoms with Gasteiger partial charge in [-0.25, -0.2) is 0 Å². The molecule has 1 N–H and O–H groups in total. The van der Waals surface area contributed by atoms with Crippen LogP contribution < -0.4 is 10.1 Å². The molecule has 0 aliphatic carbocycles. The molecular weight excluding hydrogens is 234 g/mol. The van der Waals surface area contributed by atoms with Gasteiger partial charge in [-0.3, -0.25) is 0 Å². The smallest absolute Gasteiger partial charge is 0.122 e. The van der Waals surface area contributed by atoms with Crippen molar-refractivity contribution < 1.29 is 4.74 Å². The number of rotatable bonds is 3. The number of ether oxygens (including phenoxy) is 1. The first kappa shape index (κ1) is 12.2. The van der Waals surface area contributed by atoms with Crippen LogP contribution in [0.4, 0.5) is 0 Å². The molecule has 1 aliphatic rings. The van der Waals surface area contributed by atoms with E-state index in [1.54, 1.807) is 7.11 Å². The van der Waals surface area contributed by atoms with Gasteiger partial charge in [0.15, 0.2) is 0 Å². The van der Waals surface area contributed by atoms with E-state index in [0.29, 0.717) is 5.92 Å². The third-order valence-electron chi connectivity index (χ3n) is 3.84. The van der Waals surface area contributed by atoms with Crippen molar-refractivity contribution in [1.29, 1.82) is 0 Å². The highest BCUT2D eigenvalue weighted by atomic mass is 16.5. The van der Waals surface area contributed by atoms with Crippen LogP contribution in [0, 0.1) is 0 Å². The van der Waals surface area contributed by atoms with Crippen LogP contribution >= 0.6 is 0 Å². The molecule has 2 aromatic rings. The fourth-order valence-corrected chi connectivity index (χ4v) is 2.78. The zero-order valence-electron chi connectivity index (χ0n) is 11.2. The summed E-state index contributed by atoms with van der Waals surface area (Å²) in [6, 6.07) is 17.0. The Labute approximate surface area is 114 Å². The zero-order chi connectivity index (χ0) is 13.1. The minimum absolute atomic E-state index is 0.568. The van der Waals surface area contributed by atoms with E-state index in [1.807, 2.05) is 0 Å². The predicted molar refractivity (Wildman–Crippen MR) is 78.7 cm³/mol. The summed E-state index contributed by atoms with van der Waals surface area (Å²) in [5.74, 6) is 1.58. The average Bonchev–Trinajstić information content (AvgIpc) is 3.01. The largest absolute Gasteiger partial charge is 0.496 e. The van der Waals surface area contributed by atoms with Crippen molar-refractivity contribution >= 4 is 0 Å². The summed E-state index contributed by atoms with van der Waals surface area (Å²) >= 11 is 0. The van der Waals surface area contributed by atoms with Crippen molar-refractivity contribution in [2.75, 3.05) is 20.2 Å². The zero-order valence-corrected chi connectivity index (χ0v) is 11.2. The van der Waals surface area contributed by atoms with E-state index in [9.17, 15) is 0 Å². The highest BCUT2D eigenvalue weighted by Crippen LogP contribution is 2.34. The first-order valence-electron chi connectivity index (χ1n) is 6.82. The molecule has 0 amide bonds. The Morgan fingerprint density at radius 1 is 1.05 bits per heavy atom. The maximum absolute atomic E-state index is 5.52. The summed E-state index contributed by atoms with van der Waals surface area (Å²) in [5, 5.41) is 3.43. The van der Waals surface area contributed by atoms with Crippen LogP contribution in [-0.2, 0) is 0 Å². The molecule has 0 saturated carbocycles. The van der Waals surface area contributed by atoms with E-state index in [4.69, 9.17) is 4.74 Å². The Hall–Kier alpha value is -1.80. The number of nitrogens with one attached hydrogen (secondary N) is 1. The van der Waals surface area contributed by atoms with Crippen LogP contribution in [-0.4, -0.2) is 20.2 Å². The Morgan fingerprint density at radius 3 is 2.58 bits per heavy atom. The van der Waals surface area contributed by atoms with Crippen molar-refractivity contribution in [1.82, 2.24) is 5.32 Å². The SMILES string of the molecule is COc1ccc(-c2ccccc2)cc1C1CCNC1. The minimum Gasteiger partial charge on any atom is -0.496 e. The van der Waals surface area contributed by atoms with E-state index in [1.165, 1.54) is 23.1 Å². The first-order valence-corrected chi connectivity index (χ1v) is 6.82. The lowest BCUT2D eigenvalue weighted by Gasteiger charge is -2.15. The maximum Gasteiger partial charge on any atom is 0.122 e. The third kappa shape index (κ3) is 2.49. The molecule has 2 heteroatoms. The molecule has 1 fully saturated rings. The van der Waals surface area contributed by atoms with Crippen LogP contribution in [0.25, 0.3) is 11.1 Å². The van der Waals surface area contributed by atoms with E-state index in [0.717, 1.165) is 18.8 Å². The molecule has 3 rings (SSSR count). The fourth-order valence-electron chi connectivity index (χ4n) is 2.78. The second-order valence-electron chi connectivity index (χ2n) is 5.01. The highest BCUT2D eigenvalue weighted by molar-refractivity contribution is 5.66. The van der Waals surface area contributed by atoms with Crippen LogP contribution in [0.5, 0.6) is 5.75 Å². The monoisotopic (exact) mass is 253 g/mol. The van der Waals surface area contributed by atoms with Crippen LogP contribution in [0.3, 0.4) is 0 Å². The number of hydrogen-bond acceptors (Lipinski definition) is 2. The normalized spacial score (nSPS) is 18.5. The van der Waals surface area contributed by atoms with E-state index in [-0.39, 0.29) is 0 Å². The molecule has 19 heavy (non-hydrogen) atoms. The van der Waals surface area contributed by atoms with Crippen molar-refractivity contribution in [3.63, 3.8) is 0 Å². The molecule has 98 valence electrons. The van der Waals surface area contributed by atoms with Gasteiger partial charge in [0.05, 0.1) is 7.11 Å². The lowest BCUT2D eigenvalue weighted by Crippen LogP contribution is -2.08. The standard InChI is InChI=1S/C17H19NO/c1-19-17-8-7-14(13-5-3-2-4-6-13)11-16(17)15-9-10-18-12-15/h2-8,11,15,18H,9-10,12H2,1H3. The van der Waals surface area contributed by atoms with Gasteiger partial charge < -0.3 is 10.1 Å². The van der Waals surface area contributed by atoms with E-state index < -0.39 is 0 Å². The maximum atomic E-state index is 5.52. The van der Waals surface area contributed by atoms with Crippen molar-refractivity contribution in [3.8, 4) is 16.9 Å². The van der Waals surface area contributed by atoms with Crippen LogP contribution in [0.1, 0.15) is 17.9 Å². The number of methoxy groups -OCH3 is 1. The molecule has 1 saturated heterocycles. The highest BCUT2D eigenvalue weighted by Gasteiger charge is 2.20. The second kappa shape index (κ2) is 5.45. The van der Waals surface area contributed by atoms with Crippen LogP contribution in [0.2, 0.25) is 0 Å². The molecule has 2 aromatic carbocycles. The number of hydrogen-bond donors (Lipinski definition) is 1. The molecule has 0 bridgehead atoms. The molecule has 1 atom stereocenters. The van der Waals surface area contributed by atoms with Crippen molar-refractivity contribution in [2.45, 2.75) is 12.3 Å². The summed E-state index contributed by atoms with van der Waals surface area (Å²) in [4.78, 5) is 0. The van der Waals surface area contributed by atoms with Crippen LogP contribution in [0.15, 0.2) is 48.5 Å². The fraction of sp³-hybridized carbons (Fsp3) is 0.294. The lowest BCUT2D eigenvalue weighted by atomic mass is 9.93. The van der Waals surface area contributed by atoms with Gasteiger partial charge in [0.25, 0.3) is 0 Å². The summed E-state index contributed by atoms with van der Waals surface area (Å²) in [5.41, 5.74) is 3.86. The molecule has 1 heterocycles. The third-order valence-corrected chi connectivity index (χ3v) is 3.84. The summed E-state index contributed by atoms with van der Waals surface area (Å²) in [7, 11) is 1.75. The lowest BCUT2D eigenvalue weighted by molar-refractivity contribution is 0.406. The molecule has 0 aromatic heterocycles. The predicted octanol–water partition coefficient (Wildman–Crippen LogP) is 3.44. The quantitative estimate of drug-likeness (QED) is 0.904. The first-order chi connectivity index (χ1) is 9.38. The van der Waals surface area contributed by atoms with E-state index >= 15 is 0 Å². The van der Waals surface area contributed by atoms with Gasteiger partial charge in [-0.15, -0.1) is 0 Å². The second-order valence-corrected chi connectivity index (χ2v) is 5.01. The van der Waals surface area contributed by atoms with Crippen molar-refractivity contribution in [2.24, 2.45) is 0 Å². The van der Waals surface area contributed by atoms with Gasteiger partial charge in [0.2, 0.25) is 0 Å². The van der Waals surface area contributed by atoms with Gasteiger partial charge >= 0.3 is 0 Å². The summed E-state index contributed by atoms with van der Waals surface area (Å²) in [6.07, 6.45) is 1.19.